The molecule has 2 nitrogen and oxygen atoms in total. The molecule has 2 heteroatoms. The van der Waals surface area contributed by atoms with Gasteiger partial charge in [-0.2, -0.15) is 0 Å². The smallest absolute Gasteiger partial charge is 0.133 e. The first-order chi connectivity index (χ1) is 11.4. The van der Waals surface area contributed by atoms with Gasteiger partial charge in [0.25, 0.3) is 0 Å². The maximum Gasteiger partial charge on any atom is 0.133 e. The van der Waals surface area contributed by atoms with Gasteiger partial charge in [0.1, 0.15) is 5.78 Å². The van der Waals surface area contributed by atoms with E-state index in [2.05, 4.69) is 13.8 Å². The number of hydrogen-bond acceptors (Lipinski definition) is 2. The number of ketones is 1. The van der Waals surface area contributed by atoms with Crippen LogP contribution < -0.4 is 0 Å². The summed E-state index contributed by atoms with van der Waals surface area (Å²) in [5.41, 5.74) is 0.794. The third kappa shape index (κ3) is 18.7. The van der Waals surface area contributed by atoms with E-state index in [4.69, 9.17) is 0 Å². The number of carbonyl (C=O) groups excluding carboxylic acids is 1. The lowest BCUT2D eigenvalue weighted by Gasteiger charge is -2.61. The first-order valence-electron chi connectivity index (χ1n) is 10.5. The van der Waals surface area contributed by atoms with E-state index in [9.17, 15) is 9.90 Å². The maximum atomic E-state index is 12.2. The molecule has 45 heavy (non-hydrogen) atoms. The van der Waals surface area contributed by atoms with Crippen LogP contribution in [0.15, 0.2) is 0 Å². The summed E-state index contributed by atoms with van der Waals surface area (Å²) in [6.07, 6.45) is 11.6. The van der Waals surface area contributed by atoms with Crippen molar-refractivity contribution in [1.82, 2.24) is 0 Å². The van der Waals surface area contributed by atoms with Crippen LogP contribution in [0.25, 0.3) is 0 Å². The molecule has 0 aliphatic heterocycles. The Morgan fingerprint density at radius 2 is 0.911 bits per heavy atom. The molecule has 0 bridgehead atoms. The summed E-state index contributed by atoms with van der Waals surface area (Å²) in [7, 11) is 0. The summed E-state index contributed by atoms with van der Waals surface area (Å²) in [5.74, 6) is 4.69. The summed E-state index contributed by atoms with van der Waals surface area (Å²) in [6, 6.07) is 0. The summed E-state index contributed by atoms with van der Waals surface area (Å²) >= 11 is 0. The predicted molar refractivity (Wildman–Crippen MR) is 238 cm³/mol. The second-order valence-electron chi connectivity index (χ2n) is 10.3. The molecule has 0 aromatic carbocycles. The van der Waals surface area contributed by atoms with E-state index in [-0.39, 0.29) is 156 Å². The van der Waals surface area contributed by atoms with Crippen LogP contribution in [0.2, 0.25) is 0 Å². The van der Waals surface area contributed by atoms with E-state index in [1.807, 2.05) is 6.92 Å². The third-order valence-electron chi connectivity index (χ3n) is 9.52. The highest BCUT2D eigenvalue weighted by atomic mass is 16.3. The molecule has 0 saturated heterocycles. The van der Waals surface area contributed by atoms with Crippen molar-refractivity contribution >= 4 is 5.78 Å². The van der Waals surface area contributed by atoms with Crippen LogP contribution in [0, 0.1) is 46.3 Å². The van der Waals surface area contributed by atoms with Gasteiger partial charge in [-0.05, 0) is 105 Å². The minimum Gasteiger partial charge on any atom is -0.396 e. The number of carbonyl (C=O) groups is 1. The molecule has 5 unspecified atom stereocenters. The van der Waals surface area contributed by atoms with E-state index < -0.39 is 0 Å². The molecule has 4 aliphatic rings. The van der Waals surface area contributed by atoms with E-state index in [0.29, 0.717) is 35.1 Å². The Bertz CT molecular complexity index is 516. The maximum absolute atomic E-state index is 12.2. The van der Waals surface area contributed by atoms with Gasteiger partial charge in [-0.1, -0.05) is 170 Å². The van der Waals surface area contributed by atoms with E-state index in [1.165, 1.54) is 51.4 Å². The molecule has 4 aliphatic carbocycles. The number of hydrogen-bond donors (Lipinski definition) is 1. The van der Waals surface area contributed by atoms with Crippen molar-refractivity contribution in [3.05, 3.63) is 0 Å². The van der Waals surface area contributed by atoms with Crippen LogP contribution in [0.4, 0.5) is 0 Å². The van der Waals surface area contributed by atoms with Crippen molar-refractivity contribution in [2.24, 2.45) is 46.3 Å². The topological polar surface area (TPSA) is 37.3 Å². The SMILES string of the molecule is C.C.C.C.C.C.C.C.C.C.C.C.C.C.C.C.C.C.C.C.C.CC(=O)[C@H]1CCC2C3CCC4CC(CO)CC[C@]4(C)C3CC[C@@]21C. The average molecular weight is 669 g/mol. The Kier molecular flexibility index (Phi) is 116. The van der Waals surface area contributed by atoms with Crippen LogP contribution >= 0.6 is 0 Å². The zero-order chi connectivity index (χ0) is 17.1. The van der Waals surface area contributed by atoms with Crippen LogP contribution in [0.3, 0.4) is 0 Å². The molecule has 8 atom stereocenters. The molecule has 1 N–H and O–H groups in total. The summed E-state index contributed by atoms with van der Waals surface area (Å²) < 4.78 is 0. The Labute approximate surface area is 302 Å². The Hall–Kier alpha value is -0.370. The van der Waals surface area contributed by atoms with E-state index >= 15 is 0 Å². The zero-order valence-corrected chi connectivity index (χ0v) is 15.9. The average Bonchev–Trinajstić information content (AvgIpc) is 2.91. The quantitative estimate of drug-likeness (QED) is 0.318. The molecule has 4 saturated carbocycles. The van der Waals surface area contributed by atoms with Crippen molar-refractivity contribution < 1.29 is 9.90 Å². The zero-order valence-electron chi connectivity index (χ0n) is 15.9. The first kappa shape index (κ1) is 120. The third-order valence-corrected chi connectivity index (χ3v) is 9.52. The first-order valence-corrected chi connectivity index (χ1v) is 10.5. The van der Waals surface area contributed by atoms with E-state index in [1.54, 1.807) is 0 Å². The molecule has 0 aromatic heterocycles. The normalized spacial score (nSPS) is 28.7. The number of aliphatic hydroxyl groups excluding tert-OH is 1. The van der Waals surface area contributed by atoms with Crippen molar-refractivity contribution in [2.45, 2.75) is 235 Å². The van der Waals surface area contributed by atoms with Crippen LogP contribution in [0.5, 0.6) is 0 Å². The molecule has 4 rings (SSSR count). The lowest BCUT2D eigenvalue weighted by Crippen LogP contribution is -2.54. The van der Waals surface area contributed by atoms with Gasteiger partial charge in [-0.25, -0.2) is 0 Å². The van der Waals surface area contributed by atoms with Gasteiger partial charge in [0.15, 0.2) is 0 Å². The Morgan fingerprint density at radius 3 is 1.29 bits per heavy atom. The lowest BCUT2D eigenvalue weighted by atomic mass is 9.44. The van der Waals surface area contributed by atoms with Crippen LogP contribution in [0.1, 0.15) is 235 Å². The predicted octanol–water partition coefficient (Wildman–Crippen LogP) is 18.2. The lowest BCUT2D eigenvalue weighted by molar-refractivity contribution is -0.136. The fourth-order valence-electron chi connectivity index (χ4n) is 8.18. The van der Waals surface area contributed by atoms with Gasteiger partial charge in [0.2, 0.25) is 0 Å². The standard InChI is InChI=1S/C22H36O2.21CH4/c1-14(24)18-6-7-19-17-5-4-16-12-15(13-23)8-10-21(16,2)20(17)9-11-22(18,19)3;;;;;;;;;;;;;;;;;;;;;/h15-20,23H,4-13H2,1-3H3;21*1H4/t15?,16?,17?,18-,19?,20?,21+,22-;;;;;;;;;;;;;;;;;;;;;/m1...................../s1. The summed E-state index contributed by atoms with van der Waals surface area (Å²) in [4.78, 5) is 12.2. The van der Waals surface area contributed by atoms with Crippen molar-refractivity contribution in [1.29, 1.82) is 0 Å². The molecule has 304 valence electrons. The highest BCUT2D eigenvalue weighted by Crippen LogP contribution is 2.67. The largest absolute Gasteiger partial charge is 0.396 e. The molecular formula is C43H120O2. The molecule has 0 aromatic rings. The fourth-order valence-corrected chi connectivity index (χ4v) is 8.18. The summed E-state index contributed by atoms with van der Waals surface area (Å²) in [6.45, 7) is 7.26. The summed E-state index contributed by atoms with van der Waals surface area (Å²) in [5, 5.41) is 9.60. The number of aliphatic hydroxyl groups is 1. The highest BCUT2D eigenvalue weighted by Gasteiger charge is 2.60. The Morgan fingerprint density at radius 1 is 0.533 bits per heavy atom. The second-order valence-corrected chi connectivity index (χ2v) is 10.3. The van der Waals surface area contributed by atoms with Gasteiger partial charge in [0.05, 0.1) is 0 Å². The van der Waals surface area contributed by atoms with Crippen molar-refractivity contribution in [3.63, 3.8) is 0 Å². The van der Waals surface area contributed by atoms with Crippen LogP contribution in [-0.4, -0.2) is 17.5 Å². The second kappa shape index (κ2) is 43.6. The minimum atomic E-state index is 0. The van der Waals surface area contributed by atoms with E-state index in [0.717, 1.165) is 30.1 Å². The number of fused-ring (bicyclic) bond motifs is 5. The fraction of sp³-hybridized carbons (Fsp3) is 0.977. The highest BCUT2D eigenvalue weighted by molar-refractivity contribution is 5.79. The molecule has 0 amide bonds. The van der Waals surface area contributed by atoms with Gasteiger partial charge in [0, 0.05) is 12.5 Å². The van der Waals surface area contributed by atoms with Gasteiger partial charge < -0.3 is 5.11 Å². The van der Waals surface area contributed by atoms with Crippen molar-refractivity contribution in [3.8, 4) is 0 Å². The van der Waals surface area contributed by atoms with Crippen molar-refractivity contribution in [2.75, 3.05) is 6.61 Å². The van der Waals surface area contributed by atoms with Gasteiger partial charge in [-0.3, -0.25) is 4.79 Å². The minimum absolute atomic E-state index is 0. The molecular weight excluding hydrogens is 548 g/mol. The van der Waals surface area contributed by atoms with Gasteiger partial charge >= 0.3 is 0 Å². The molecule has 0 radical (unpaired) electrons. The number of rotatable bonds is 2. The molecule has 0 spiro atoms. The van der Waals surface area contributed by atoms with Crippen LogP contribution in [-0.2, 0) is 4.79 Å². The van der Waals surface area contributed by atoms with Gasteiger partial charge in [-0.15, -0.1) is 0 Å². The molecule has 4 fully saturated rings. The number of Topliss-reactive ketones (excluding diaryl/α,β-unsaturated/α-hetero) is 1. The molecule has 0 heterocycles. The monoisotopic (exact) mass is 669 g/mol. The Balaban J connectivity index is -0.0000000217.